The molecule has 3 heterocycles. The molecule has 2 aromatic rings. The van der Waals surface area contributed by atoms with Gasteiger partial charge in [0.15, 0.2) is 0 Å². The molecule has 0 saturated carbocycles. The summed E-state index contributed by atoms with van der Waals surface area (Å²) < 4.78 is 33.6. The molecule has 0 bridgehead atoms. The van der Waals surface area contributed by atoms with Gasteiger partial charge >= 0.3 is 12.1 Å². The molecule has 2 amide bonds. The largest absolute Gasteiger partial charge is 0.490 e. The van der Waals surface area contributed by atoms with Crippen molar-refractivity contribution in [1.29, 1.82) is 0 Å². The second-order valence-corrected chi connectivity index (χ2v) is 10.7. The van der Waals surface area contributed by atoms with E-state index in [1.165, 1.54) is 0 Å². The maximum Gasteiger partial charge on any atom is 0.490 e. The summed E-state index contributed by atoms with van der Waals surface area (Å²) in [6.07, 6.45) is 1.19. The number of aliphatic carboxylic acids is 1. The zero-order valence-corrected chi connectivity index (χ0v) is 23.6. The molecule has 226 valence electrons. The highest BCUT2D eigenvalue weighted by molar-refractivity contribution is 6.30. The van der Waals surface area contributed by atoms with Crippen LogP contribution in [0.15, 0.2) is 30.6 Å². The van der Waals surface area contributed by atoms with Crippen LogP contribution in [0.2, 0.25) is 5.02 Å². The molecule has 1 aromatic carbocycles. The Hall–Kier alpha value is -3.26. The Kier molecular flexibility index (Phi) is 11.9. The van der Waals surface area contributed by atoms with Gasteiger partial charge in [-0.25, -0.2) is 9.48 Å². The molecule has 15 heteroatoms. The Morgan fingerprint density at radius 3 is 2.29 bits per heavy atom. The van der Waals surface area contributed by atoms with Crippen LogP contribution in [0.5, 0.6) is 0 Å². The van der Waals surface area contributed by atoms with Crippen molar-refractivity contribution in [3.63, 3.8) is 0 Å². The highest BCUT2D eigenvalue weighted by Crippen LogP contribution is 2.26. The molecule has 0 spiro atoms. The number of hydrogen-bond acceptors (Lipinski definition) is 7. The average Bonchev–Trinajstić information content (AvgIpc) is 3.45. The topological polar surface area (TPSA) is 125 Å². The lowest BCUT2D eigenvalue weighted by atomic mass is 9.94. The number of carboxylic acid groups (broad SMARTS) is 1. The Morgan fingerprint density at radius 1 is 1.10 bits per heavy atom. The van der Waals surface area contributed by atoms with Gasteiger partial charge in [0.05, 0.1) is 0 Å². The smallest absolute Gasteiger partial charge is 0.475 e. The van der Waals surface area contributed by atoms with Gasteiger partial charge in [-0.2, -0.15) is 13.2 Å². The molecule has 2 saturated heterocycles. The van der Waals surface area contributed by atoms with Crippen LogP contribution < -0.4 is 4.90 Å². The van der Waals surface area contributed by atoms with Gasteiger partial charge in [-0.3, -0.25) is 9.59 Å². The Bertz CT molecular complexity index is 1140. The minimum atomic E-state index is -5.08. The SMILES string of the molecule is CC(=O)N1CCC(C(=O)N(CCCN2CCC(Cn3cnnn3)CC2)c2cccc(Cl)c2)CC1.O=C(O)C(F)(F)F. The predicted molar refractivity (Wildman–Crippen MR) is 144 cm³/mol. The van der Waals surface area contributed by atoms with Crippen molar-refractivity contribution < 1.29 is 32.7 Å². The van der Waals surface area contributed by atoms with Gasteiger partial charge in [0.25, 0.3) is 0 Å². The fraction of sp³-hybridized carbons (Fsp3) is 0.615. The highest BCUT2D eigenvalue weighted by atomic mass is 35.5. The first kappa shape index (κ1) is 32.3. The maximum absolute atomic E-state index is 13.5. The number of rotatable bonds is 8. The molecule has 0 radical (unpaired) electrons. The summed E-state index contributed by atoms with van der Waals surface area (Å²) in [7, 11) is 0. The zero-order valence-electron chi connectivity index (χ0n) is 22.8. The van der Waals surface area contributed by atoms with Crippen molar-refractivity contribution in [2.45, 2.75) is 51.7 Å². The number of likely N-dealkylation sites (tertiary alicyclic amines) is 2. The summed E-state index contributed by atoms with van der Waals surface area (Å²) in [5.41, 5.74) is 0.853. The number of carbonyl (C=O) groups excluding carboxylic acids is 2. The summed E-state index contributed by atoms with van der Waals surface area (Å²) in [5.74, 6) is -1.99. The van der Waals surface area contributed by atoms with Crippen molar-refractivity contribution in [3.8, 4) is 0 Å². The summed E-state index contributed by atoms with van der Waals surface area (Å²) >= 11 is 6.25. The lowest BCUT2D eigenvalue weighted by Gasteiger charge is -2.35. The Morgan fingerprint density at radius 2 is 1.76 bits per heavy atom. The van der Waals surface area contributed by atoms with Crippen LogP contribution in [0, 0.1) is 11.8 Å². The number of hydrogen-bond donors (Lipinski definition) is 1. The maximum atomic E-state index is 13.5. The number of carbonyl (C=O) groups is 3. The normalized spacial score (nSPS) is 17.0. The number of tetrazole rings is 1. The molecule has 0 atom stereocenters. The lowest BCUT2D eigenvalue weighted by molar-refractivity contribution is -0.192. The zero-order chi connectivity index (χ0) is 30.0. The number of halogens is 4. The van der Waals surface area contributed by atoms with Crippen molar-refractivity contribution in [3.05, 3.63) is 35.6 Å². The van der Waals surface area contributed by atoms with Gasteiger partial charge in [-0.1, -0.05) is 17.7 Å². The van der Waals surface area contributed by atoms with Crippen LogP contribution in [-0.2, 0) is 20.9 Å². The van der Waals surface area contributed by atoms with E-state index >= 15 is 0 Å². The van der Waals surface area contributed by atoms with Gasteiger partial charge in [-0.05, 0) is 86.3 Å². The van der Waals surface area contributed by atoms with Crippen LogP contribution in [-0.4, -0.2) is 98.3 Å². The van der Waals surface area contributed by atoms with Gasteiger partial charge in [0.1, 0.15) is 6.33 Å². The Balaban J connectivity index is 0.000000587. The van der Waals surface area contributed by atoms with E-state index in [0.717, 1.165) is 51.1 Å². The summed E-state index contributed by atoms with van der Waals surface area (Å²) in [6, 6.07) is 7.55. The van der Waals surface area contributed by atoms with E-state index in [2.05, 4.69) is 20.4 Å². The number of anilines is 1. The third-order valence-corrected chi connectivity index (χ3v) is 7.55. The first-order valence-electron chi connectivity index (χ1n) is 13.5. The van der Waals surface area contributed by atoms with E-state index in [1.54, 1.807) is 13.3 Å². The molecular formula is C26H35ClF3N7O4. The standard InChI is InChI=1S/C24H34ClN7O2.C2HF3O2/c1-19(33)30-14-8-21(9-15-30)24(34)32(23-5-2-4-22(25)16-23)11-3-10-29-12-6-20(7-13-29)17-31-18-26-27-28-31;3-2(4,5)1(6)7/h2,4-5,16,18,20-21H,3,6-15,17H2,1H3;(H,6,7). The first-order chi connectivity index (χ1) is 19.4. The number of benzene rings is 1. The quantitative estimate of drug-likeness (QED) is 0.488. The number of alkyl halides is 3. The van der Waals surface area contributed by atoms with Crippen LogP contribution in [0.1, 0.15) is 39.0 Å². The number of nitrogens with zero attached hydrogens (tertiary/aromatic N) is 7. The van der Waals surface area contributed by atoms with E-state index in [-0.39, 0.29) is 17.7 Å². The van der Waals surface area contributed by atoms with Gasteiger partial charge < -0.3 is 19.8 Å². The minimum absolute atomic E-state index is 0.0587. The molecular weight excluding hydrogens is 567 g/mol. The van der Waals surface area contributed by atoms with Crippen molar-refractivity contribution in [1.82, 2.24) is 30.0 Å². The van der Waals surface area contributed by atoms with Crippen molar-refractivity contribution in [2.24, 2.45) is 11.8 Å². The Labute approximate surface area is 241 Å². The average molecular weight is 602 g/mol. The van der Waals surface area contributed by atoms with E-state index in [4.69, 9.17) is 21.5 Å². The van der Waals surface area contributed by atoms with E-state index < -0.39 is 12.1 Å². The molecule has 0 unspecified atom stereocenters. The first-order valence-corrected chi connectivity index (χ1v) is 13.9. The molecule has 1 N–H and O–H groups in total. The van der Waals surface area contributed by atoms with Crippen LogP contribution in [0.3, 0.4) is 0 Å². The fourth-order valence-corrected chi connectivity index (χ4v) is 5.23. The van der Waals surface area contributed by atoms with E-state index in [0.29, 0.717) is 43.4 Å². The number of carboxylic acids is 1. The van der Waals surface area contributed by atoms with Gasteiger partial charge in [0.2, 0.25) is 11.8 Å². The summed E-state index contributed by atoms with van der Waals surface area (Å²) in [4.78, 5) is 40.3. The van der Waals surface area contributed by atoms with Crippen molar-refractivity contribution >= 4 is 35.1 Å². The van der Waals surface area contributed by atoms with Crippen LogP contribution in [0.4, 0.5) is 18.9 Å². The van der Waals surface area contributed by atoms with Crippen molar-refractivity contribution in [2.75, 3.05) is 44.2 Å². The molecule has 2 aliphatic rings. The predicted octanol–water partition coefficient (Wildman–Crippen LogP) is 3.35. The second kappa shape index (κ2) is 15.1. The number of piperidine rings is 2. The molecule has 0 aliphatic carbocycles. The highest BCUT2D eigenvalue weighted by Gasteiger charge is 2.38. The van der Waals surface area contributed by atoms with E-state index in [9.17, 15) is 22.8 Å². The van der Waals surface area contributed by atoms with Crippen LogP contribution in [0.25, 0.3) is 0 Å². The molecule has 11 nitrogen and oxygen atoms in total. The van der Waals surface area contributed by atoms with Gasteiger partial charge in [0, 0.05) is 49.7 Å². The summed E-state index contributed by atoms with van der Waals surface area (Å²) in [6.45, 7) is 7.50. The fourth-order valence-electron chi connectivity index (χ4n) is 5.05. The molecule has 41 heavy (non-hydrogen) atoms. The van der Waals surface area contributed by atoms with Gasteiger partial charge in [-0.15, -0.1) is 5.10 Å². The molecule has 1 aromatic heterocycles. The third-order valence-electron chi connectivity index (χ3n) is 7.32. The lowest BCUT2D eigenvalue weighted by Crippen LogP contribution is -2.45. The molecule has 4 rings (SSSR count). The third kappa shape index (κ3) is 10.3. The number of aromatic nitrogens is 4. The monoisotopic (exact) mass is 601 g/mol. The molecule has 2 fully saturated rings. The summed E-state index contributed by atoms with van der Waals surface area (Å²) in [5, 5.41) is 19.2. The molecule has 2 aliphatic heterocycles. The minimum Gasteiger partial charge on any atom is -0.475 e. The van der Waals surface area contributed by atoms with Crippen LogP contribution >= 0.6 is 11.6 Å². The number of amides is 2. The second-order valence-electron chi connectivity index (χ2n) is 10.2. The van der Waals surface area contributed by atoms with E-state index in [1.807, 2.05) is 38.7 Å².